The molecule has 0 atom stereocenters. The number of rotatable bonds is 3. The van der Waals surface area contributed by atoms with Gasteiger partial charge in [0, 0.05) is 11.5 Å². The Balaban J connectivity index is 2.22. The summed E-state index contributed by atoms with van der Waals surface area (Å²) in [7, 11) is 0. The Morgan fingerprint density at radius 2 is 2.00 bits per heavy atom. The monoisotopic (exact) mass is 283 g/mol. The molecule has 1 heterocycles. The maximum atomic E-state index is 11.2. The fourth-order valence-corrected chi connectivity index (χ4v) is 2.16. The van der Waals surface area contributed by atoms with Crippen LogP contribution in [-0.2, 0) is 0 Å². The largest absolute Gasteiger partial charge is 0.477 e. The molecule has 3 aromatic rings. The maximum absolute atomic E-state index is 11.2. The molecule has 0 bridgehead atoms. The summed E-state index contributed by atoms with van der Waals surface area (Å²) in [5, 5.41) is 25.1. The zero-order valence-electron chi connectivity index (χ0n) is 10.6. The lowest BCUT2D eigenvalue weighted by Crippen LogP contribution is -2.05. The minimum absolute atomic E-state index is 0.364. The van der Waals surface area contributed by atoms with Crippen LogP contribution in [0.15, 0.2) is 48.7 Å². The highest BCUT2D eigenvalue weighted by atomic mass is 16.6. The average Bonchev–Trinajstić information content (AvgIpc) is 2.90. The van der Waals surface area contributed by atoms with Crippen LogP contribution in [0.25, 0.3) is 16.6 Å². The van der Waals surface area contributed by atoms with Gasteiger partial charge in [-0.15, -0.1) is 0 Å². The van der Waals surface area contributed by atoms with E-state index in [1.165, 1.54) is 18.2 Å². The molecule has 0 fully saturated rings. The third-order valence-electron chi connectivity index (χ3n) is 3.13. The predicted molar refractivity (Wildman–Crippen MR) is 74.7 cm³/mol. The van der Waals surface area contributed by atoms with E-state index < -0.39 is 16.6 Å². The predicted octanol–water partition coefficient (Wildman–Crippen LogP) is 2.63. The van der Waals surface area contributed by atoms with Crippen LogP contribution in [0.2, 0.25) is 0 Å². The van der Waals surface area contributed by atoms with E-state index in [1.807, 2.05) is 24.3 Å². The number of carbonyl (C=O) groups is 1. The molecule has 0 amide bonds. The summed E-state index contributed by atoms with van der Waals surface area (Å²) in [6, 6.07) is 11.3. The molecular weight excluding hydrogens is 274 g/mol. The van der Waals surface area contributed by atoms with Gasteiger partial charge in [-0.25, -0.2) is 9.48 Å². The number of nitrogens with zero attached hydrogens (tertiary/aromatic N) is 3. The van der Waals surface area contributed by atoms with Crippen molar-refractivity contribution in [3.05, 3.63) is 64.3 Å². The standard InChI is InChI=1S/C14H9N3O4/c18-14(19)11-7-10(5-6-13(11)17(20)21)16-12-4-2-1-3-9(12)8-15-16/h1-8H,(H,18,19). The van der Waals surface area contributed by atoms with E-state index in [9.17, 15) is 14.9 Å². The van der Waals surface area contributed by atoms with E-state index in [0.29, 0.717) is 5.69 Å². The van der Waals surface area contributed by atoms with Crippen LogP contribution in [0.4, 0.5) is 5.69 Å². The van der Waals surface area contributed by atoms with E-state index >= 15 is 0 Å². The Morgan fingerprint density at radius 3 is 2.71 bits per heavy atom. The smallest absolute Gasteiger partial charge is 0.342 e. The van der Waals surface area contributed by atoms with Crippen LogP contribution in [-0.4, -0.2) is 25.8 Å². The van der Waals surface area contributed by atoms with E-state index in [-0.39, 0.29) is 5.56 Å². The Hall–Kier alpha value is -3.22. The van der Waals surface area contributed by atoms with Crippen molar-refractivity contribution in [2.75, 3.05) is 0 Å². The number of para-hydroxylation sites is 1. The number of carboxylic acid groups (broad SMARTS) is 1. The van der Waals surface area contributed by atoms with E-state index in [2.05, 4.69) is 5.10 Å². The van der Waals surface area contributed by atoms with Gasteiger partial charge < -0.3 is 5.11 Å². The molecule has 104 valence electrons. The molecule has 0 spiro atoms. The van der Waals surface area contributed by atoms with E-state index in [1.54, 1.807) is 10.9 Å². The van der Waals surface area contributed by atoms with Crippen LogP contribution in [0.5, 0.6) is 0 Å². The number of benzene rings is 2. The summed E-state index contributed by atoms with van der Waals surface area (Å²) in [4.78, 5) is 21.3. The number of hydrogen-bond acceptors (Lipinski definition) is 4. The van der Waals surface area contributed by atoms with Gasteiger partial charge in [0.25, 0.3) is 5.69 Å². The van der Waals surface area contributed by atoms with Crippen molar-refractivity contribution >= 4 is 22.6 Å². The average molecular weight is 283 g/mol. The lowest BCUT2D eigenvalue weighted by Gasteiger charge is -2.05. The summed E-state index contributed by atoms with van der Waals surface area (Å²) in [5.74, 6) is -1.35. The summed E-state index contributed by atoms with van der Waals surface area (Å²) in [5.41, 5.74) is 0.446. The number of carboxylic acids is 1. The number of aromatic nitrogens is 2. The highest BCUT2D eigenvalue weighted by Gasteiger charge is 2.20. The van der Waals surface area contributed by atoms with Crippen LogP contribution < -0.4 is 0 Å². The summed E-state index contributed by atoms with van der Waals surface area (Å²) in [6.45, 7) is 0. The molecule has 0 saturated carbocycles. The normalized spacial score (nSPS) is 10.7. The molecule has 0 unspecified atom stereocenters. The van der Waals surface area contributed by atoms with Crippen molar-refractivity contribution in [2.45, 2.75) is 0 Å². The number of hydrogen-bond donors (Lipinski definition) is 1. The minimum Gasteiger partial charge on any atom is -0.477 e. The molecule has 3 rings (SSSR count). The Bertz CT molecular complexity index is 870. The SMILES string of the molecule is O=C(O)c1cc(-n2ncc3ccccc32)ccc1[N+](=O)[O-]. The minimum atomic E-state index is -1.35. The van der Waals surface area contributed by atoms with Crippen molar-refractivity contribution in [2.24, 2.45) is 0 Å². The summed E-state index contributed by atoms with van der Waals surface area (Å²) >= 11 is 0. The van der Waals surface area contributed by atoms with Crippen LogP contribution >= 0.6 is 0 Å². The third-order valence-corrected chi connectivity index (χ3v) is 3.13. The van der Waals surface area contributed by atoms with Crippen molar-refractivity contribution in [1.29, 1.82) is 0 Å². The first-order valence-electron chi connectivity index (χ1n) is 6.03. The molecule has 2 aromatic carbocycles. The van der Waals surface area contributed by atoms with Gasteiger partial charge in [-0.05, 0) is 18.2 Å². The highest BCUT2D eigenvalue weighted by molar-refractivity contribution is 5.93. The molecule has 1 aromatic heterocycles. The highest BCUT2D eigenvalue weighted by Crippen LogP contribution is 2.24. The van der Waals surface area contributed by atoms with Gasteiger partial charge >= 0.3 is 5.97 Å². The first-order chi connectivity index (χ1) is 10.1. The Kier molecular flexibility index (Phi) is 2.87. The van der Waals surface area contributed by atoms with E-state index in [0.717, 1.165) is 10.9 Å². The molecule has 21 heavy (non-hydrogen) atoms. The Morgan fingerprint density at radius 1 is 1.24 bits per heavy atom. The van der Waals surface area contributed by atoms with Crippen LogP contribution in [0.3, 0.4) is 0 Å². The van der Waals surface area contributed by atoms with Gasteiger partial charge in [-0.2, -0.15) is 5.10 Å². The van der Waals surface area contributed by atoms with Gasteiger partial charge in [-0.3, -0.25) is 10.1 Å². The number of nitro groups is 1. The van der Waals surface area contributed by atoms with Gasteiger partial charge in [0.1, 0.15) is 5.56 Å². The lowest BCUT2D eigenvalue weighted by molar-refractivity contribution is -0.385. The van der Waals surface area contributed by atoms with E-state index in [4.69, 9.17) is 5.11 Å². The second kappa shape index (κ2) is 4.71. The topological polar surface area (TPSA) is 98.3 Å². The molecule has 7 nitrogen and oxygen atoms in total. The molecule has 0 aliphatic heterocycles. The Labute approximate surface area is 118 Å². The van der Waals surface area contributed by atoms with Crippen molar-refractivity contribution in [3.63, 3.8) is 0 Å². The second-order valence-electron chi connectivity index (χ2n) is 4.38. The second-order valence-corrected chi connectivity index (χ2v) is 4.38. The van der Waals surface area contributed by atoms with Crippen molar-refractivity contribution in [3.8, 4) is 5.69 Å². The van der Waals surface area contributed by atoms with Crippen molar-refractivity contribution < 1.29 is 14.8 Å². The first kappa shape index (κ1) is 12.8. The molecular formula is C14H9N3O4. The van der Waals surface area contributed by atoms with Gasteiger partial charge in [0.2, 0.25) is 0 Å². The number of fused-ring (bicyclic) bond motifs is 1. The third kappa shape index (κ3) is 2.10. The van der Waals surface area contributed by atoms with Gasteiger partial charge in [0.15, 0.2) is 0 Å². The van der Waals surface area contributed by atoms with Crippen LogP contribution in [0, 0.1) is 10.1 Å². The molecule has 0 aliphatic rings. The van der Waals surface area contributed by atoms with Gasteiger partial charge in [-0.1, -0.05) is 18.2 Å². The molecule has 0 aliphatic carbocycles. The maximum Gasteiger partial charge on any atom is 0.342 e. The fourth-order valence-electron chi connectivity index (χ4n) is 2.16. The molecule has 0 saturated heterocycles. The quantitative estimate of drug-likeness (QED) is 0.588. The first-order valence-corrected chi connectivity index (χ1v) is 6.03. The summed E-state index contributed by atoms with van der Waals surface area (Å²) in [6.07, 6.45) is 1.65. The number of nitro benzene ring substituents is 1. The zero-order valence-corrected chi connectivity index (χ0v) is 10.6. The molecule has 1 N–H and O–H groups in total. The summed E-state index contributed by atoms with van der Waals surface area (Å²) < 4.78 is 1.55. The zero-order chi connectivity index (χ0) is 15.0. The number of aromatic carboxylic acids is 1. The molecule has 0 radical (unpaired) electrons. The van der Waals surface area contributed by atoms with Crippen molar-refractivity contribution in [1.82, 2.24) is 9.78 Å². The fraction of sp³-hybridized carbons (Fsp3) is 0. The lowest BCUT2D eigenvalue weighted by atomic mass is 10.1. The van der Waals surface area contributed by atoms with Crippen LogP contribution in [0.1, 0.15) is 10.4 Å². The molecule has 7 heteroatoms. The van der Waals surface area contributed by atoms with Gasteiger partial charge in [0.05, 0.1) is 22.3 Å².